The molecule has 0 heterocycles. The van der Waals surface area contributed by atoms with Crippen molar-refractivity contribution in [3.63, 3.8) is 0 Å². The molecule has 0 saturated carbocycles. The Morgan fingerprint density at radius 2 is 1.64 bits per heavy atom. The highest BCUT2D eigenvalue weighted by Gasteiger charge is 2.46. The molecule has 22 heavy (non-hydrogen) atoms. The molecule has 1 aromatic rings. The predicted molar refractivity (Wildman–Crippen MR) is 76.0 cm³/mol. The number of hydrogen-bond acceptors (Lipinski definition) is 4. The van der Waals surface area contributed by atoms with Crippen LogP contribution in [0.2, 0.25) is 0 Å². The summed E-state index contributed by atoms with van der Waals surface area (Å²) in [5.74, 6) is -0.347. The molecule has 0 aromatic heterocycles. The molecule has 5 nitrogen and oxygen atoms in total. The van der Waals surface area contributed by atoms with Crippen molar-refractivity contribution >= 4 is 21.4 Å². The molecule has 0 aliphatic heterocycles. The van der Waals surface area contributed by atoms with Crippen LogP contribution in [0.25, 0.3) is 0 Å². The average Bonchev–Trinajstić information content (AvgIpc) is 2.43. The summed E-state index contributed by atoms with van der Waals surface area (Å²) in [7, 11) is -3.90. The van der Waals surface area contributed by atoms with Crippen LogP contribution in [0.15, 0.2) is 29.2 Å². The Morgan fingerprint density at radius 1 is 1.14 bits per heavy atom. The molecule has 0 fully saturated rings. The van der Waals surface area contributed by atoms with Gasteiger partial charge in [0.2, 0.25) is 5.91 Å². The van der Waals surface area contributed by atoms with Crippen molar-refractivity contribution in [1.82, 2.24) is 5.32 Å². The fraction of sp³-hybridized carbons (Fsp3) is 0.462. The van der Waals surface area contributed by atoms with E-state index in [2.05, 4.69) is 10.6 Å². The van der Waals surface area contributed by atoms with Crippen molar-refractivity contribution in [2.24, 2.45) is 5.92 Å². The van der Waals surface area contributed by atoms with E-state index < -0.39 is 26.3 Å². The van der Waals surface area contributed by atoms with E-state index in [1.807, 2.05) is 0 Å². The van der Waals surface area contributed by atoms with E-state index in [-0.39, 0.29) is 11.8 Å². The van der Waals surface area contributed by atoms with Crippen LogP contribution in [0.5, 0.6) is 0 Å². The zero-order chi connectivity index (χ0) is 17.1. The van der Waals surface area contributed by atoms with Gasteiger partial charge in [0.05, 0.1) is 4.90 Å². The highest BCUT2D eigenvalue weighted by atomic mass is 32.2. The highest BCUT2D eigenvalue weighted by Crippen LogP contribution is 2.30. The number of anilines is 1. The van der Waals surface area contributed by atoms with Crippen molar-refractivity contribution in [1.29, 1.82) is 0 Å². The van der Waals surface area contributed by atoms with E-state index in [9.17, 15) is 26.4 Å². The minimum absolute atomic E-state index is 0.0708. The number of alkyl halides is 3. The quantitative estimate of drug-likeness (QED) is 0.863. The molecule has 1 amide bonds. The number of rotatable bonds is 5. The van der Waals surface area contributed by atoms with Crippen LogP contribution in [0.3, 0.4) is 0 Å². The van der Waals surface area contributed by atoms with Gasteiger partial charge in [-0.15, -0.1) is 0 Å². The summed E-state index contributed by atoms with van der Waals surface area (Å²) in [6.45, 7) is 3.60. The van der Waals surface area contributed by atoms with Gasteiger partial charge in [-0.25, -0.2) is 8.42 Å². The molecule has 1 unspecified atom stereocenters. The van der Waals surface area contributed by atoms with E-state index in [1.165, 1.54) is 19.2 Å². The van der Waals surface area contributed by atoms with E-state index in [1.54, 1.807) is 13.8 Å². The van der Waals surface area contributed by atoms with Gasteiger partial charge < -0.3 is 10.6 Å². The van der Waals surface area contributed by atoms with Crippen LogP contribution in [-0.2, 0) is 14.6 Å². The first-order valence-electron chi connectivity index (χ1n) is 6.40. The lowest BCUT2D eigenvalue weighted by Crippen LogP contribution is -2.41. The maximum Gasteiger partial charge on any atom is 0.501 e. The first-order valence-corrected chi connectivity index (χ1v) is 7.88. The average molecular weight is 338 g/mol. The largest absolute Gasteiger partial charge is 0.501 e. The van der Waals surface area contributed by atoms with Crippen LogP contribution < -0.4 is 10.6 Å². The van der Waals surface area contributed by atoms with E-state index in [0.29, 0.717) is 5.69 Å². The molecule has 0 saturated heterocycles. The zero-order valence-electron chi connectivity index (χ0n) is 12.2. The van der Waals surface area contributed by atoms with Gasteiger partial charge >= 0.3 is 5.51 Å². The number of nitrogens with one attached hydrogen (secondary N) is 2. The number of halogens is 3. The molecule has 0 aliphatic carbocycles. The molecule has 2 N–H and O–H groups in total. The smallest absolute Gasteiger partial charge is 0.373 e. The van der Waals surface area contributed by atoms with Crippen LogP contribution in [0, 0.1) is 5.92 Å². The Bertz CT molecular complexity index is 625. The van der Waals surface area contributed by atoms with Gasteiger partial charge in [-0.05, 0) is 30.2 Å². The second-order valence-corrected chi connectivity index (χ2v) is 6.90. The van der Waals surface area contributed by atoms with Gasteiger partial charge in [0.15, 0.2) is 0 Å². The van der Waals surface area contributed by atoms with E-state index in [4.69, 9.17) is 0 Å². The molecule has 124 valence electrons. The van der Waals surface area contributed by atoms with Crippen LogP contribution >= 0.6 is 0 Å². The monoisotopic (exact) mass is 338 g/mol. The number of carbonyl (C=O) groups is 1. The van der Waals surface area contributed by atoms with E-state index in [0.717, 1.165) is 12.1 Å². The predicted octanol–water partition coefficient (Wildman–Crippen LogP) is 2.16. The van der Waals surface area contributed by atoms with Crippen molar-refractivity contribution in [2.75, 3.05) is 12.4 Å². The van der Waals surface area contributed by atoms with E-state index >= 15 is 0 Å². The molecule has 1 aromatic carbocycles. The Labute approximate surface area is 126 Å². The number of carbonyl (C=O) groups excluding carboxylic acids is 1. The second kappa shape index (κ2) is 6.55. The Kier molecular flexibility index (Phi) is 5.44. The molecule has 1 atom stereocenters. The summed E-state index contributed by atoms with van der Waals surface area (Å²) < 4.78 is 59.8. The Morgan fingerprint density at radius 3 is 2.00 bits per heavy atom. The van der Waals surface area contributed by atoms with Gasteiger partial charge in [-0.3, -0.25) is 4.79 Å². The third-order valence-corrected chi connectivity index (χ3v) is 4.49. The molecular formula is C13H17F3N2O3S. The standard InChI is InChI=1S/C13H17F3N2O3S/c1-8(2)11(12(19)17-3)18-9-4-6-10(7-5-9)22(20,21)13(14,15)16/h4-8,11,18H,1-3H3,(H,17,19). The van der Waals surface area contributed by atoms with Crippen molar-refractivity contribution in [3.8, 4) is 0 Å². The lowest BCUT2D eigenvalue weighted by molar-refractivity contribution is -0.122. The summed E-state index contributed by atoms with van der Waals surface area (Å²) in [5.41, 5.74) is -4.99. The fourth-order valence-corrected chi connectivity index (χ4v) is 2.50. The minimum Gasteiger partial charge on any atom is -0.373 e. The Balaban J connectivity index is 3.01. The van der Waals surface area contributed by atoms with Crippen LogP contribution in [0.4, 0.5) is 18.9 Å². The van der Waals surface area contributed by atoms with Crippen LogP contribution in [0.1, 0.15) is 13.8 Å². The lowest BCUT2D eigenvalue weighted by atomic mass is 10.0. The van der Waals surface area contributed by atoms with Gasteiger partial charge in [0.25, 0.3) is 9.84 Å². The molecular weight excluding hydrogens is 321 g/mol. The normalized spacial score (nSPS) is 13.8. The van der Waals surface area contributed by atoms with Crippen LogP contribution in [-0.4, -0.2) is 32.9 Å². The fourth-order valence-electron chi connectivity index (χ4n) is 1.73. The lowest BCUT2D eigenvalue weighted by Gasteiger charge is -2.22. The number of hydrogen-bond donors (Lipinski definition) is 2. The first-order chi connectivity index (χ1) is 10.0. The second-order valence-electron chi connectivity index (χ2n) is 4.95. The van der Waals surface area contributed by atoms with Gasteiger partial charge in [-0.2, -0.15) is 13.2 Å². The van der Waals surface area contributed by atoms with Gasteiger partial charge in [0.1, 0.15) is 6.04 Å². The minimum atomic E-state index is -5.37. The summed E-state index contributed by atoms with van der Waals surface area (Å²) in [5, 5.41) is 5.33. The molecule has 0 bridgehead atoms. The number of likely N-dealkylation sites (N-methyl/N-ethyl adjacent to an activating group) is 1. The third-order valence-electron chi connectivity index (χ3n) is 2.99. The van der Waals surface area contributed by atoms with Crippen molar-refractivity contribution in [3.05, 3.63) is 24.3 Å². The molecule has 9 heteroatoms. The number of amides is 1. The van der Waals surface area contributed by atoms with Crippen molar-refractivity contribution in [2.45, 2.75) is 30.3 Å². The highest BCUT2D eigenvalue weighted by molar-refractivity contribution is 7.92. The Hall–Kier alpha value is -1.77. The molecule has 0 aliphatic rings. The summed E-state index contributed by atoms with van der Waals surface area (Å²) in [4.78, 5) is 10.9. The summed E-state index contributed by atoms with van der Waals surface area (Å²) >= 11 is 0. The topological polar surface area (TPSA) is 75.3 Å². The summed E-state index contributed by atoms with van der Waals surface area (Å²) in [6.07, 6.45) is 0. The zero-order valence-corrected chi connectivity index (χ0v) is 13.0. The van der Waals surface area contributed by atoms with Gasteiger partial charge in [-0.1, -0.05) is 13.8 Å². The van der Waals surface area contributed by atoms with Crippen molar-refractivity contribution < 1.29 is 26.4 Å². The van der Waals surface area contributed by atoms with Gasteiger partial charge in [0, 0.05) is 12.7 Å². The number of sulfone groups is 1. The summed E-state index contributed by atoms with van der Waals surface area (Å²) in [6, 6.07) is 3.50. The SMILES string of the molecule is CNC(=O)C(Nc1ccc(S(=O)(=O)C(F)(F)F)cc1)C(C)C. The maximum atomic E-state index is 12.4. The number of benzene rings is 1. The molecule has 0 spiro atoms. The maximum absolute atomic E-state index is 12.4. The third kappa shape index (κ3) is 3.90. The molecule has 1 rings (SSSR count). The first kappa shape index (κ1) is 18.3. The molecule has 0 radical (unpaired) electrons.